The average Bonchev–Trinajstić information content (AvgIpc) is 2.98. The van der Waals surface area contributed by atoms with Crippen LogP contribution in [0, 0.1) is 5.92 Å². The molecule has 1 aliphatic heterocycles. The van der Waals surface area contributed by atoms with Crippen LogP contribution < -0.4 is 15.0 Å². The van der Waals surface area contributed by atoms with Gasteiger partial charge < -0.3 is 15.0 Å². The molecule has 1 N–H and O–H groups in total. The van der Waals surface area contributed by atoms with Crippen molar-refractivity contribution in [2.24, 2.45) is 5.92 Å². The number of nitrogens with one attached hydrogen (secondary N) is 1. The fraction of sp³-hybridized carbons (Fsp3) is 0.222. The van der Waals surface area contributed by atoms with Crippen LogP contribution in [0.5, 0.6) is 5.75 Å². The summed E-state index contributed by atoms with van der Waals surface area (Å²) >= 11 is 9.35. The summed E-state index contributed by atoms with van der Waals surface area (Å²) in [6.45, 7) is 0.342. The maximum atomic E-state index is 12.6. The molecule has 2 amide bonds. The third kappa shape index (κ3) is 3.96. The number of nitrogens with zero attached hydrogens (tertiary/aromatic N) is 1. The molecule has 0 aromatic heterocycles. The zero-order valence-electron chi connectivity index (χ0n) is 13.5. The largest absolute Gasteiger partial charge is 0.495 e. The van der Waals surface area contributed by atoms with Gasteiger partial charge in [0.15, 0.2) is 0 Å². The maximum Gasteiger partial charge on any atom is 0.229 e. The van der Waals surface area contributed by atoms with E-state index >= 15 is 0 Å². The lowest BCUT2D eigenvalue weighted by molar-refractivity contribution is -0.122. The van der Waals surface area contributed by atoms with Crippen LogP contribution in [-0.4, -0.2) is 25.5 Å². The van der Waals surface area contributed by atoms with Crippen LogP contribution in [0.4, 0.5) is 11.4 Å². The Bertz CT molecular complexity index is 810. The molecule has 2 aromatic carbocycles. The molecule has 1 saturated heterocycles. The third-order valence-electron chi connectivity index (χ3n) is 4.05. The number of halogens is 2. The molecule has 0 spiro atoms. The monoisotopic (exact) mass is 422 g/mol. The Labute approximate surface area is 159 Å². The van der Waals surface area contributed by atoms with E-state index in [2.05, 4.69) is 21.2 Å². The quantitative estimate of drug-likeness (QED) is 0.805. The molecule has 5 nitrogen and oxygen atoms in total. The van der Waals surface area contributed by atoms with Crippen molar-refractivity contribution in [2.75, 3.05) is 23.9 Å². The molecule has 1 fully saturated rings. The highest BCUT2D eigenvalue weighted by molar-refractivity contribution is 9.10. The van der Waals surface area contributed by atoms with E-state index in [1.54, 1.807) is 23.1 Å². The molecule has 25 heavy (non-hydrogen) atoms. The molecule has 7 heteroatoms. The Kier molecular flexibility index (Phi) is 5.30. The van der Waals surface area contributed by atoms with E-state index in [4.69, 9.17) is 16.3 Å². The molecule has 1 atom stereocenters. The van der Waals surface area contributed by atoms with E-state index in [9.17, 15) is 9.59 Å². The van der Waals surface area contributed by atoms with Crippen molar-refractivity contribution in [1.82, 2.24) is 0 Å². The fourth-order valence-corrected chi connectivity index (χ4v) is 3.20. The van der Waals surface area contributed by atoms with Gasteiger partial charge in [0.1, 0.15) is 5.75 Å². The predicted octanol–water partition coefficient (Wildman–Crippen LogP) is 4.10. The van der Waals surface area contributed by atoms with Gasteiger partial charge in [-0.2, -0.15) is 0 Å². The minimum absolute atomic E-state index is 0.0690. The average molecular weight is 424 g/mol. The number of benzene rings is 2. The molecule has 1 heterocycles. The number of hydrogen-bond acceptors (Lipinski definition) is 3. The number of methoxy groups -OCH3 is 1. The molecule has 0 bridgehead atoms. The summed E-state index contributed by atoms with van der Waals surface area (Å²) in [4.78, 5) is 26.5. The highest BCUT2D eigenvalue weighted by Crippen LogP contribution is 2.30. The lowest BCUT2D eigenvalue weighted by atomic mass is 10.1. The molecule has 130 valence electrons. The zero-order chi connectivity index (χ0) is 18.0. The van der Waals surface area contributed by atoms with E-state index in [1.165, 1.54) is 7.11 Å². The molecular formula is C18H16BrClN2O3. The molecule has 2 aromatic rings. The first-order chi connectivity index (χ1) is 12.0. The van der Waals surface area contributed by atoms with Crippen molar-refractivity contribution in [3.8, 4) is 5.75 Å². The highest BCUT2D eigenvalue weighted by Gasteiger charge is 2.35. The second-order valence-electron chi connectivity index (χ2n) is 5.72. The minimum atomic E-state index is -0.431. The van der Waals surface area contributed by atoms with Crippen LogP contribution in [0.15, 0.2) is 46.9 Å². The van der Waals surface area contributed by atoms with Crippen LogP contribution in [0.3, 0.4) is 0 Å². The van der Waals surface area contributed by atoms with E-state index in [0.717, 1.165) is 10.2 Å². The molecule has 1 aliphatic rings. The van der Waals surface area contributed by atoms with E-state index in [0.29, 0.717) is 23.0 Å². The number of ether oxygens (including phenoxy) is 1. The van der Waals surface area contributed by atoms with Crippen molar-refractivity contribution in [3.63, 3.8) is 0 Å². The summed E-state index contributed by atoms with van der Waals surface area (Å²) in [5, 5.41) is 3.31. The maximum absolute atomic E-state index is 12.6. The lowest BCUT2D eigenvalue weighted by Crippen LogP contribution is -2.28. The molecule has 3 rings (SSSR count). The summed E-state index contributed by atoms with van der Waals surface area (Å²) < 4.78 is 6.17. The zero-order valence-corrected chi connectivity index (χ0v) is 15.8. The Balaban J connectivity index is 1.73. The molecule has 0 radical (unpaired) electrons. The first-order valence-corrected chi connectivity index (χ1v) is 8.85. The molecule has 0 unspecified atom stereocenters. The van der Waals surface area contributed by atoms with Crippen LogP contribution >= 0.6 is 27.5 Å². The summed E-state index contributed by atoms with van der Waals surface area (Å²) in [6, 6.07) is 12.4. The molecule has 0 saturated carbocycles. The van der Waals surface area contributed by atoms with E-state index < -0.39 is 5.92 Å². The van der Waals surface area contributed by atoms with Crippen LogP contribution in [0.25, 0.3) is 0 Å². The summed E-state index contributed by atoms with van der Waals surface area (Å²) in [5.74, 6) is -0.208. The highest BCUT2D eigenvalue weighted by atomic mass is 79.9. The van der Waals surface area contributed by atoms with Crippen LogP contribution in [0.1, 0.15) is 6.42 Å². The predicted molar refractivity (Wildman–Crippen MR) is 101 cm³/mol. The lowest BCUT2D eigenvalue weighted by Gasteiger charge is -2.17. The Morgan fingerprint density at radius 2 is 2.00 bits per heavy atom. The van der Waals surface area contributed by atoms with Gasteiger partial charge in [-0.25, -0.2) is 0 Å². The van der Waals surface area contributed by atoms with Gasteiger partial charge in [-0.1, -0.05) is 27.5 Å². The van der Waals surface area contributed by atoms with Crippen molar-refractivity contribution in [3.05, 3.63) is 52.0 Å². The SMILES string of the molecule is COc1ccc(Cl)cc1NC(=O)[C@@H]1CC(=O)N(c2ccc(Br)cc2)C1. The Morgan fingerprint density at radius 3 is 2.68 bits per heavy atom. The van der Waals surface area contributed by atoms with Gasteiger partial charge in [0, 0.05) is 28.1 Å². The summed E-state index contributed by atoms with van der Waals surface area (Å²) in [5.41, 5.74) is 1.28. The molecule has 0 aliphatic carbocycles. The second-order valence-corrected chi connectivity index (χ2v) is 7.07. The van der Waals surface area contributed by atoms with Crippen molar-refractivity contribution in [2.45, 2.75) is 6.42 Å². The van der Waals surface area contributed by atoms with Crippen LogP contribution in [0.2, 0.25) is 5.02 Å². The van der Waals surface area contributed by atoms with E-state index in [1.807, 2.05) is 24.3 Å². The number of amides is 2. The van der Waals surface area contributed by atoms with Crippen molar-refractivity contribution in [1.29, 1.82) is 0 Å². The number of carbonyl (C=O) groups is 2. The summed E-state index contributed by atoms with van der Waals surface area (Å²) in [6.07, 6.45) is 0.171. The molecular weight excluding hydrogens is 408 g/mol. The number of hydrogen-bond donors (Lipinski definition) is 1. The van der Waals surface area contributed by atoms with Gasteiger partial charge in [0.2, 0.25) is 11.8 Å². The number of carbonyl (C=O) groups excluding carboxylic acids is 2. The van der Waals surface area contributed by atoms with Gasteiger partial charge in [-0.3, -0.25) is 9.59 Å². The van der Waals surface area contributed by atoms with Gasteiger partial charge >= 0.3 is 0 Å². The van der Waals surface area contributed by atoms with Crippen LogP contribution in [-0.2, 0) is 9.59 Å². The Morgan fingerprint density at radius 1 is 1.28 bits per heavy atom. The van der Waals surface area contributed by atoms with Gasteiger partial charge in [0.05, 0.1) is 18.7 Å². The number of rotatable bonds is 4. The van der Waals surface area contributed by atoms with Gasteiger partial charge in [-0.05, 0) is 42.5 Å². The van der Waals surface area contributed by atoms with Crippen molar-refractivity contribution >= 4 is 50.7 Å². The first-order valence-electron chi connectivity index (χ1n) is 7.68. The number of anilines is 2. The topological polar surface area (TPSA) is 58.6 Å². The van der Waals surface area contributed by atoms with Gasteiger partial charge in [-0.15, -0.1) is 0 Å². The summed E-state index contributed by atoms with van der Waals surface area (Å²) in [7, 11) is 1.52. The van der Waals surface area contributed by atoms with Crippen molar-refractivity contribution < 1.29 is 14.3 Å². The fourth-order valence-electron chi connectivity index (χ4n) is 2.77. The normalized spacial score (nSPS) is 16.8. The minimum Gasteiger partial charge on any atom is -0.495 e. The van der Waals surface area contributed by atoms with Gasteiger partial charge in [0.25, 0.3) is 0 Å². The first kappa shape index (κ1) is 17.8. The smallest absolute Gasteiger partial charge is 0.229 e. The standard InChI is InChI=1S/C18H16BrClN2O3/c1-25-16-7-4-13(20)9-15(16)21-18(24)11-8-17(23)22(10-11)14-5-2-12(19)3-6-14/h2-7,9,11H,8,10H2,1H3,(H,21,24)/t11-/m1/s1. The third-order valence-corrected chi connectivity index (χ3v) is 4.82. The van der Waals surface area contributed by atoms with E-state index in [-0.39, 0.29) is 18.2 Å². The second kappa shape index (κ2) is 7.45. The Hall–Kier alpha value is -2.05.